The second kappa shape index (κ2) is 26.4. The second-order valence-corrected chi connectivity index (χ2v) is 21.1. The monoisotopic (exact) mass is 1160 g/mol. The number of ether oxygens (including phenoxy) is 1. The van der Waals surface area contributed by atoms with Gasteiger partial charge in [0, 0.05) is 73.5 Å². The number of hydrogen-bond acceptors (Lipinski definition) is 15. The highest BCUT2D eigenvalue weighted by molar-refractivity contribution is 6.12. The van der Waals surface area contributed by atoms with Crippen LogP contribution in [0.15, 0.2) is 59.4 Å². The van der Waals surface area contributed by atoms with Gasteiger partial charge in [-0.05, 0) is 80.2 Å². The number of halogens is 1. The molecule has 84 heavy (non-hydrogen) atoms. The molecule has 4 aliphatic rings. The summed E-state index contributed by atoms with van der Waals surface area (Å²) in [6, 6.07) is 8.10. The molecule has 5 heterocycles. The fourth-order valence-electron chi connectivity index (χ4n) is 11.1. The molecule has 0 fully saturated rings. The topological polar surface area (TPSA) is 365 Å². The number of cyclic esters (lactones) is 1. The van der Waals surface area contributed by atoms with Gasteiger partial charge in [-0.1, -0.05) is 43.7 Å². The number of carboxylic acids is 1. The largest absolute Gasteiger partial charge is 0.481 e. The number of carbonyl (C=O) groups excluding carboxylic acids is 10. The third-order valence-electron chi connectivity index (χ3n) is 15.5. The summed E-state index contributed by atoms with van der Waals surface area (Å²) >= 11 is 0. The smallest absolute Gasteiger partial charge is 0.343 e. The van der Waals surface area contributed by atoms with E-state index in [4.69, 9.17) is 15.5 Å². The number of primary amides is 1. The van der Waals surface area contributed by atoms with Crippen molar-refractivity contribution in [3.05, 3.63) is 110 Å². The molecule has 0 unspecified atom stereocenters. The number of carbonyl (C=O) groups is 11. The van der Waals surface area contributed by atoms with Gasteiger partial charge in [0.15, 0.2) is 5.60 Å². The standard InChI is InChI=1S/C58H65FN10O15/c1-3-58(83)36-24-42-53-34(28-69(42)55(80)35(36)30-84-57(58)82)52-38(16-15-33-31(2)37(59)25-40(66-53)51(33)52)63-45(72)14-10-21-67(29-43(60)70)56(81)41(23-32-11-6-4-7-12-32)65-47(74)27-61-46(73)26-62-54(79)39(17-20-50(77)78)64-44(71)13-8-5-9-22-68-48(75)18-19-49(68)76/h4,6-7,11-12,18-19,24-25,38-39,41,83H,3,5,8-10,13-17,20-23,26-30H2,1-2H3,(H2,60,70)(H,61,73)(H,62,79)(H,63,72)(H,64,71)(H,65,74)(H,77,78)/t38-,39-,41-,58-/m0/s1. The predicted octanol–water partition coefficient (Wildman–Crippen LogP) is 0.520. The second-order valence-electron chi connectivity index (χ2n) is 21.1. The third kappa shape index (κ3) is 13.7. The molecule has 0 radical (unpaired) electrons. The van der Waals surface area contributed by atoms with Gasteiger partial charge < -0.3 is 56.7 Å². The van der Waals surface area contributed by atoms with Crippen molar-refractivity contribution in [3.8, 4) is 11.4 Å². The van der Waals surface area contributed by atoms with Crippen LogP contribution in [0.5, 0.6) is 0 Å². The lowest BCUT2D eigenvalue weighted by Crippen LogP contribution is -2.54. The van der Waals surface area contributed by atoms with Gasteiger partial charge in [-0.25, -0.2) is 14.2 Å². The molecule has 8 rings (SSSR count). The van der Waals surface area contributed by atoms with E-state index in [1.165, 1.54) is 22.8 Å². The van der Waals surface area contributed by atoms with E-state index in [0.717, 1.165) is 9.80 Å². The van der Waals surface area contributed by atoms with Gasteiger partial charge >= 0.3 is 11.9 Å². The van der Waals surface area contributed by atoms with E-state index in [0.29, 0.717) is 76.7 Å². The molecule has 2 aromatic heterocycles. The first-order valence-corrected chi connectivity index (χ1v) is 27.7. The molecule has 0 spiro atoms. The number of amides is 9. The van der Waals surface area contributed by atoms with E-state index in [-0.39, 0.29) is 81.4 Å². The van der Waals surface area contributed by atoms with Crippen LogP contribution >= 0.6 is 0 Å². The molecule has 0 saturated carbocycles. The summed E-state index contributed by atoms with van der Waals surface area (Å²) in [5.41, 5.74) is 7.12. The van der Waals surface area contributed by atoms with E-state index in [1.807, 2.05) is 0 Å². The molecule has 4 atom stereocenters. The lowest BCUT2D eigenvalue weighted by atomic mass is 9.81. The predicted molar refractivity (Wildman–Crippen MR) is 295 cm³/mol. The van der Waals surface area contributed by atoms with Gasteiger partial charge in [0.05, 0.1) is 54.7 Å². The van der Waals surface area contributed by atoms with Crippen LogP contribution in [-0.4, -0.2) is 139 Å². The molecule has 0 saturated heterocycles. The quantitative estimate of drug-likeness (QED) is 0.0202. The Labute approximate surface area is 479 Å². The number of nitrogens with one attached hydrogen (secondary N) is 5. The number of pyridine rings is 2. The zero-order valence-electron chi connectivity index (χ0n) is 46.3. The van der Waals surface area contributed by atoms with Crippen LogP contribution < -0.4 is 37.9 Å². The van der Waals surface area contributed by atoms with Gasteiger partial charge in [0.25, 0.3) is 17.4 Å². The average molecular weight is 1160 g/mol. The van der Waals surface area contributed by atoms with Crippen LogP contribution in [0.2, 0.25) is 0 Å². The fourth-order valence-corrected chi connectivity index (χ4v) is 11.1. The maximum atomic E-state index is 15.5. The van der Waals surface area contributed by atoms with E-state index in [2.05, 4.69) is 26.6 Å². The molecule has 4 aromatic rings. The van der Waals surface area contributed by atoms with Gasteiger partial charge in [-0.2, -0.15) is 0 Å². The van der Waals surface area contributed by atoms with Crippen molar-refractivity contribution in [1.82, 2.24) is 45.9 Å². The van der Waals surface area contributed by atoms with Gasteiger partial charge in [0.1, 0.15) is 24.5 Å². The normalized spacial score (nSPS) is 17.1. The van der Waals surface area contributed by atoms with Crippen LogP contribution in [0.1, 0.15) is 116 Å². The molecule has 444 valence electrons. The third-order valence-corrected chi connectivity index (χ3v) is 15.5. The highest BCUT2D eigenvalue weighted by Gasteiger charge is 2.46. The lowest BCUT2D eigenvalue weighted by molar-refractivity contribution is -0.172. The van der Waals surface area contributed by atoms with Crippen molar-refractivity contribution in [1.29, 1.82) is 0 Å². The maximum Gasteiger partial charge on any atom is 0.343 e. The summed E-state index contributed by atoms with van der Waals surface area (Å²) in [7, 11) is 0. The molecule has 9 N–H and O–H groups in total. The number of carboxylic acid groups (broad SMARTS) is 1. The number of aliphatic carboxylic acids is 1. The average Bonchev–Trinajstić information content (AvgIpc) is 1.54. The number of fused-ring (bicyclic) bond motifs is 5. The number of aliphatic hydroxyl groups is 1. The minimum atomic E-state index is -2.08. The van der Waals surface area contributed by atoms with E-state index in [1.54, 1.807) is 50.2 Å². The molecule has 0 bridgehead atoms. The number of esters is 1. The zero-order chi connectivity index (χ0) is 60.6. The first-order chi connectivity index (χ1) is 40.1. The Morgan fingerprint density at radius 3 is 2.26 bits per heavy atom. The number of aromatic nitrogens is 2. The highest BCUT2D eigenvalue weighted by Crippen LogP contribution is 2.46. The molecule has 3 aliphatic heterocycles. The number of hydrogen-bond donors (Lipinski definition) is 8. The molecular weight excluding hydrogens is 1100 g/mol. The molecule has 26 heteroatoms. The summed E-state index contributed by atoms with van der Waals surface area (Å²) in [4.78, 5) is 162. The molecular formula is C58H65FN10O15. The highest BCUT2D eigenvalue weighted by atomic mass is 19.1. The van der Waals surface area contributed by atoms with E-state index >= 15 is 4.39 Å². The first kappa shape index (κ1) is 60.9. The van der Waals surface area contributed by atoms with Crippen LogP contribution in [0.4, 0.5) is 4.39 Å². The minimum absolute atomic E-state index is 0.00973. The Balaban J connectivity index is 0.883. The van der Waals surface area contributed by atoms with Gasteiger partial charge in [-0.3, -0.25) is 57.6 Å². The fraction of sp³-hybridized carbons (Fsp3) is 0.431. The number of benzene rings is 2. The van der Waals surface area contributed by atoms with Crippen LogP contribution in [0.3, 0.4) is 0 Å². The zero-order valence-corrected chi connectivity index (χ0v) is 46.3. The van der Waals surface area contributed by atoms with Crippen molar-refractivity contribution in [2.45, 2.75) is 128 Å². The Bertz CT molecular complexity index is 3440. The molecule has 2 aromatic carbocycles. The Morgan fingerprint density at radius 1 is 0.857 bits per heavy atom. The van der Waals surface area contributed by atoms with Crippen molar-refractivity contribution in [3.63, 3.8) is 0 Å². The molecule has 25 nitrogen and oxygen atoms in total. The van der Waals surface area contributed by atoms with E-state index in [9.17, 15) is 67.7 Å². The van der Waals surface area contributed by atoms with Crippen molar-refractivity contribution in [2.75, 3.05) is 32.7 Å². The first-order valence-electron chi connectivity index (χ1n) is 27.7. The lowest BCUT2D eigenvalue weighted by Gasteiger charge is -2.31. The number of aryl methyl sites for hydroxylation is 1. The summed E-state index contributed by atoms with van der Waals surface area (Å²) in [6.45, 7) is 0.948. The van der Waals surface area contributed by atoms with E-state index < -0.39 is 126 Å². The molecule has 9 amide bonds. The Morgan fingerprint density at radius 2 is 1.56 bits per heavy atom. The van der Waals surface area contributed by atoms with Crippen LogP contribution in [0.25, 0.3) is 22.3 Å². The van der Waals surface area contributed by atoms with Crippen LogP contribution in [-0.2, 0) is 89.1 Å². The SMILES string of the molecule is CC[C@@]1(O)C(=O)OCc2c1cc1n(c2=O)Cc2c-1nc1cc(F)c(C)c3c1c2[C@@H](NC(=O)CCCN(CC(N)=O)C(=O)[C@H](Cc1ccccc1)NC(=O)CNC(=O)CNC(=O)[C@H](CCC(=O)O)NC(=O)CCCCCN1C(=O)C=CC1=O)CC3. The maximum absolute atomic E-state index is 15.5. The number of nitrogens with zero attached hydrogens (tertiary/aromatic N) is 4. The number of nitrogens with two attached hydrogens (primary N) is 1. The minimum Gasteiger partial charge on any atom is -0.481 e. The van der Waals surface area contributed by atoms with Crippen molar-refractivity contribution < 1.29 is 72.1 Å². The number of imide groups is 1. The Kier molecular flexibility index (Phi) is 19.1. The molecule has 1 aliphatic carbocycles. The summed E-state index contributed by atoms with van der Waals surface area (Å²) in [5, 5.41) is 34.1. The van der Waals surface area contributed by atoms with Crippen molar-refractivity contribution >= 4 is 76.0 Å². The number of rotatable bonds is 27. The van der Waals surface area contributed by atoms with Crippen LogP contribution in [0, 0.1) is 12.7 Å². The summed E-state index contributed by atoms with van der Waals surface area (Å²) in [6.07, 6.45) is 3.10. The summed E-state index contributed by atoms with van der Waals surface area (Å²) in [5.74, 6) is -8.69. The Hall–Kier alpha value is -9.20. The summed E-state index contributed by atoms with van der Waals surface area (Å²) < 4.78 is 22.2. The van der Waals surface area contributed by atoms with Gasteiger partial charge in [0.2, 0.25) is 41.4 Å². The number of unbranched alkanes of at least 4 members (excludes halogenated alkanes) is 2. The van der Waals surface area contributed by atoms with Gasteiger partial charge in [-0.15, -0.1) is 0 Å². The van der Waals surface area contributed by atoms with Crippen molar-refractivity contribution in [2.24, 2.45) is 5.73 Å².